The van der Waals surface area contributed by atoms with E-state index in [4.69, 9.17) is 25.8 Å². The van der Waals surface area contributed by atoms with Gasteiger partial charge in [0.15, 0.2) is 0 Å². The maximum atomic E-state index is 13.4. The molecular formula is C28H23ClF3NO6. The lowest BCUT2D eigenvalue weighted by molar-refractivity contribution is -0.140. The first-order valence-corrected chi connectivity index (χ1v) is 11.9. The maximum absolute atomic E-state index is 13.4. The van der Waals surface area contributed by atoms with E-state index in [-0.39, 0.29) is 39.8 Å². The summed E-state index contributed by atoms with van der Waals surface area (Å²) in [7, 11) is 4.17. The summed E-state index contributed by atoms with van der Waals surface area (Å²) in [5.41, 5.74) is -0.566. The van der Waals surface area contributed by atoms with E-state index in [1.54, 1.807) is 24.3 Å². The van der Waals surface area contributed by atoms with Crippen LogP contribution < -0.4 is 14.2 Å². The fraction of sp³-hybridized carbons (Fsp3) is 0.214. The third-order valence-corrected chi connectivity index (χ3v) is 6.60. The number of rotatable bonds is 7. The molecule has 204 valence electrons. The minimum atomic E-state index is -4.59. The molecule has 1 heterocycles. The van der Waals surface area contributed by atoms with Crippen LogP contribution in [0.5, 0.6) is 17.2 Å². The summed E-state index contributed by atoms with van der Waals surface area (Å²) in [5.74, 6) is -1.79. The van der Waals surface area contributed by atoms with E-state index in [9.17, 15) is 27.9 Å². The molecule has 1 saturated heterocycles. The molecular weight excluding hydrogens is 539 g/mol. The number of halogens is 4. The predicted molar refractivity (Wildman–Crippen MR) is 137 cm³/mol. The SMILES string of the molecule is COc1ccc(C2/C(=C(\O)c3cc(OC)c(Cl)cc3OC)C(=O)C(=O)N2Cc2cccc(C(F)(F)F)c2)cc1. The van der Waals surface area contributed by atoms with Crippen molar-refractivity contribution in [1.29, 1.82) is 0 Å². The van der Waals surface area contributed by atoms with Crippen molar-refractivity contribution in [3.8, 4) is 17.2 Å². The van der Waals surface area contributed by atoms with Crippen LogP contribution in [0.3, 0.4) is 0 Å². The third kappa shape index (κ3) is 5.37. The second kappa shape index (κ2) is 10.9. The average molecular weight is 562 g/mol. The zero-order valence-electron chi connectivity index (χ0n) is 21.0. The number of benzene rings is 3. The normalized spacial score (nSPS) is 16.9. The van der Waals surface area contributed by atoms with Gasteiger partial charge in [0.1, 0.15) is 23.0 Å². The standard InChI is InChI=1S/C28H23ClF3NO6/c1-37-18-9-7-16(8-10-18)24-23(25(34)19-12-22(39-3)20(29)13-21(19)38-2)26(35)27(36)33(24)14-15-5-4-6-17(11-15)28(30,31)32/h4-13,24,34H,14H2,1-3H3/b25-23+. The molecule has 3 aromatic rings. The number of carbonyl (C=O) groups is 2. The fourth-order valence-corrected chi connectivity index (χ4v) is 4.64. The highest BCUT2D eigenvalue weighted by Gasteiger charge is 2.46. The number of alkyl halides is 3. The van der Waals surface area contributed by atoms with Crippen molar-refractivity contribution in [3.05, 3.63) is 93.5 Å². The van der Waals surface area contributed by atoms with Gasteiger partial charge in [-0.15, -0.1) is 0 Å². The molecule has 0 spiro atoms. The molecule has 39 heavy (non-hydrogen) atoms. The topological polar surface area (TPSA) is 85.3 Å². The Morgan fingerprint density at radius 3 is 2.21 bits per heavy atom. The van der Waals surface area contributed by atoms with Crippen LogP contribution in [-0.2, 0) is 22.3 Å². The highest BCUT2D eigenvalue weighted by atomic mass is 35.5. The van der Waals surface area contributed by atoms with Gasteiger partial charge in [-0.1, -0.05) is 35.9 Å². The molecule has 1 aliphatic heterocycles. The molecule has 1 N–H and O–H groups in total. The van der Waals surface area contributed by atoms with Crippen LogP contribution in [0.15, 0.2) is 66.2 Å². The highest BCUT2D eigenvalue weighted by Crippen LogP contribution is 2.44. The summed E-state index contributed by atoms with van der Waals surface area (Å²) in [6.07, 6.45) is -4.59. The van der Waals surface area contributed by atoms with E-state index in [1.165, 1.54) is 45.6 Å². The van der Waals surface area contributed by atoms with Crippen LogP contribution in [0.2, 0.25) is 5.02 Å². The van der Waals surface area contributed by atoms with E-state index < -0.39 is 35.2 Å². The smallest absolute Gasteiger partial charge is 0.416 e. The molecule has 4 rings (SSSR count). The summed E-state index contributed by atoms with van der Waals surface area (Å²) < 4.78 is 55.8. The van der Waals surface area contributed by atoms with Crippen LogP contribution >= 0.6 is 11.6 Å². The van der Waals surface area contributed by atoms with Crippen LogP contribution in [-0.4, -0.2) is 43.0 Å². The molecule has 11 heteroatoms. The van der Waals surface area contributed by atoms with E-state index in [1.807, 2.05) is 0 Å². The van der Waals surface area contributed by atoms with Gasteiger partial charge in [0.2, 0.25) is 0 Å². The molecule has 0 aromatic heterocycles. The van der Waals surface area contributed by atoms with Crippen molar-refractivity contribution in [3.63, 3.8) is 0 Å². The number of ketones is 1. The van der Waals surface area contributed by atoms with Crippen LogP contribution in [0.4, 0.5) is 13.2 Å². The molecule has 1 amide bonds. The lowest BCUT2D eigenvalue weighted by atomic mass is 9.94. The summed E-state index contributed by atoms with van der Waals surface area (Å²) in [4.78, 5) is 27.8. The van der Waals surface area contributed by atoms with E-state index in [2.05, 4.69) is 0 Å². The van der Waals surface area contributed by atoms with Crippen LogP contribution in [0, 0.1) is 0 Å². The number of nitrogens with zero attached hydrogens (tertiary/aromatic N) is 1. The molecule has 7 nitrogen and oxygen atoms in total. The first-order chi connectivity index (χ1) is 18.5. The molecule has 0 radical (unpaired) electrons. The largest absolute Gasteiger partial charge is 0.507 e. The Hall–Kier alpha value is -4.18. The minimum Gasteiger partial charge on any atom is -0.507 e. The molecule has 1 aliphatic rings. The number of amides is 1. The predicted octanol–water partition coefficient (Wildman–Crippen LogP) is 6.01. The molecule has 0 bridgehead atoms. The number of aliphatic hydroxyl groups is 1. The Bertz CT molecular complexity index is 1450. The van der Waals surface area contributed by atoms with Crippen molar-refractivity contribution < 1.29 is 42.1 Å². The van der Waals surface area contributed by atoms with E-state index >= 15 is 0 Å². The average Bonchev–Trinajstić information content (AvgIpc) is 3.17. The number of likely N-dealkylation sites (tertiary alicyclic amines) is 1. The van der Waals surface area contributed by atoms with Crippen LogP contribution in [0.1, 0.15) is 28.3 Å². The Morgan fingerprint density at radius 2 is 1.62 bits per heavy atom. The molecule has 1 unspecified atom stereocenters. The first kappa shape index (κ1) is 27.8. The Labute approximate surface area is 227 Å². The number of ether oxygens (including phenoxy) is 3. The fourth-order valence-electron chi connectivity index (χ4n) is 4.41. The number of hydrogen-bond acceptors (Lipinski definition) is 6. The summed E-state index contributed by atoms with van der Waals surface area (Å²) in [5, 5.41) is 11.6. The maximum Gasteiger partial charge on any atom is 0.416 e. The quantitative estimate of drug-likeness (QED) is 0.216. The van der Waals surface area contributed by atoms with Gasteiger partial charge in [-0.3, -0.25) is 9.59 Å². The van der Waals surface area contributed by atoms with E-state index in [0.29, 0.717) is 11.3 Å². The Kier molecular flexibility index (Phi) is 7.78. The van der Waals surface area contributed by atoms with Crippen molar-refractivity contribution in [2.24, 2.45) is 0 Å². The van der Waals surface area contributed by atoms with Gasteiger partial charge >= 0.3 is 6.18 Å². The van der Waals surface area contributed by atoms with Gasteiger partial charge in [0, 0.05) is 12.6 Å². The number of aliphatic hydroxyl groups excluding tert-OH is 1. The monoisotopic (exact) mass is 561 g/mol. The number of hydrogen-bond donors (Lipinski definition) is 1. The van der Waals surface area contributed by atoms with Gasteiger partial charge in [-0.25, -0.2) is 0 Å². The van der Waals surface area contributed by atoms with Crippen molar-refractivity contribution in [1.82, 2.24) is 4.90 Å². The molecule has 1 atom stereocenters. The Balaban J connectivity index is 1.90. The first-order valence-electron chi connectivity index (χ1n) is 11.5. The van der Waals surface area contributed by atoms with Gasteiger partial charge < -0.3 is 24.2 Å². The lowest BCUT2D eigenvalue weighted by Crippen LogP contribution is -2.29. The van der Waals surface area contributed by atoms with Gasteiger partial charge in [-0.2, -0.15) is 13.2 Å². The van der Waals surface area contributed by atoms with Gasteiger partial charge in [0.25, 0.3) is 11.7 Å². The van der Waals surface area contributed by atoms with E-state index in [0.717, 1.165) is 17.0 Å². The second-order valence-electron chi connectivity index (χ2n) is 8.59. The highest BCUT2D eigenvalue weighted by molar-refractivity contribution is 6.46. The molecule has 0 saturated carbocycles. The zero-order chi connectivity index (χ0) is 28.5. The second-order valence-corrected chi connectivity index (χ2v) is 8.99. The van der Waals surface area contributed by atoms with Crippen LogP contribution in [0.25, 0.3) is 5.76 Å². The summed E-state index contributed by atoms with van der Waals surface area (Å²) in [6.45, 7) is -0.330. The minimum absolute atomic E-state index is 0.0364. The number of methoxy groups -OCH3 is 3. The molecule has 3 aromatic carbocycles. The number of carbonyl (C=O) groups excluding carboxylic acids is 2. The molecule has 1 fully saturated rings. The van der Waals surface area contributed by atoms with Gasteiger partial charge in [0.05, 0.1) is 49.1 Å². The van der Waals surface area contributed by atoms with Crippen molar-refractivity contribution in [2.75, 3.05) is 21.3 Å². The van der Waals surface area contributed by atoms with Crippen molar-refractivity contribution >= 4 is 29.1 Å². The molecule has 0 aliphatic carbocycles. The van der Waals surface area contributed by atoms with Crippen molar-refractivity contribution in [2.45, 2.75) is 18.8 Å². The summed E-state index contributed by atoms with van der Waals surface area (Å²) >= 11 is 6.18. The Morgan fingerprint density at radius 1 is 0.949 bits per heavy atom. The van der Waals surface area contributed by atoms with Gasteiger partial charge in [-0.05, 0) is 41.5 Å². The summed E-state index contributed by atoms with van der Waals surface area (Å²) in [6, 6.07) is 12.5. The third-order valence-electron chi connectivity index (χ3n) is 6.31. The number of Topliss-reactive ketones (excluding diaryl/α,β-unsaturated/α-hetero) is 1. The lowest BCUT2D eigenvalue weighted by Gasteiger charge is -2.26. The zero-order valence-corrected chi connectivity index (χ0v) is 21.8.